The van der Waals surface area contributed by atoms with E-state index in [1.807, 2.05) is 6.92 Å². The number of aromatic nitrogens is 1. The summed E-state index contributed by atoms with van der Waals surface area (Å²) in [7, 11) is 0. The molecule has 15 heavy (non-hydrogen) atoms. The van der Waals surface area contributed by atoms with E-state index in [2.05, 4.69) is 15.6 Å². The minimum Gasteiger partial charge on any atom is -0.313 e. The van der Waals surface area contributed by atoms with Crippen molar-refractivity contribution in [1.82, 2.24) is 10.3 Å². The molecule has 0 bridgehead atoms. The molecule has 82 valence electrons. The van der Waals surface area contributed by atoms with Crippen molar-refractivity contribution in [3.8, 4) is 0 Å². The van der Waals surface area contributed by atoms with Gasteiger partial charge in [-0.3, -0.25) is 4.79 Å². The van der Waals surface area contributed by atoms with Crippen molar-refractivity contribution in [3.63, 3.8) is 0 Å². The zero-order chi connectivity index (χ0) is 10.7. The van der Waals surface area contributed by atoms with Crippen molar-refractivity contribution in [2.24, 2.45) is 0 Å². The largest absolute Gasteiger partial charge is 0.313 e. The van der Waals surface area contributed by atoms with Crippen LogP contribution in [0, 0.1) is 6.92 Å². The van der Waals surface area contributed by atoms with Gasteiger partial charge in [0, 0.05) is 23.5 Å². The van der Waals surface area contributed by atoms with Crippen molar-refractivity contribution in [2.75, 3.05) is 11.9 Å². The van der Waals surface area contributed by atoms with Gasteiger partial charge >= 0.3 is 0 Å². The molecule has 2 heterocycles. The third kappa shape index (κ3) is 3.00. The van der Waals surface area contributed by atoms with Gasteiger partial charge in [-0.15, -0.1) is 11.3 Å². The highest BCUT2D eigenvalue weighted by Crippen LogP contribution is 2.17. The van der Waals surface area contributed by atoms with Gasteiger partial charge < -0.3 is 10.6 Å². The first-order valence-corrected chi connectivity index (χ1v) is 6.01. The highest BCUT2D eigenvalue weighted by Gasteiger charge is 2.17. The maximum Gasteiger partial charge on any atom is 0.227 e. The topological polar surface area (TPSA) is 54.0 Å². The maximum absolute atomic E-state index is 11.6. The Bertz CT molecular complexity index is 344. The second-order valence-electron chi connectivity index (χ2n) is 3.82. The fourth-order valence-electron chi connectivity index (χ4n) is 1.74. The van der Waals surface area contributed by atoms with Gasteiger partial charge in [0.05, 0.1) is 0 Å². The van der Waals surface area contributed by atoms with E-state index in [1.54, 1.807) is 6.20 Å². The van der Waals surface area contributed by atoms with Crippen molar-refractivity contribution >= 4 is 22.4 Å². The van der Waals surface area contributed by atoms with Crippen molar-refractivity contribution in [3.05, 3.63) is 11.1 Å². The minimum atomic E-state index is 0.0590. The number of anilines is 1. The van der Waals surface area contributed by atoms with Crippen LogP contribution >= 0.6 is 11.3 Å². The Labute approximate surface area is 93.1 Å². The van der Waals surface area contributed by atoms with Crippen LogP contribution in [0.15, 0.2) is 6.20 Å². The number of hydrogen-bond acceptors (Lipinski definition) is 4. The molecule has 1 aliphatic heterocycles. The van der Waals surface area contributed by atoms with E-state index in [-0.39, 0.29) is 5.91 Å². The first-order chi connectivity index (χ1) is 7.24. The Kier molecular flexibility index (Phi) is 3.33. The average molecular weight is 225 g/mol. The molecule has 0 radical (unpaired) electrons. The molecule has 2 N–H and O–H groups in total. The number of nitrogens with zero attached hydrogens (tertiary/aromatic N) is 1. The fraction of sp³-hybridized carbons (Fsp3) is 0.600. The molecule has 1 aromatic heterocycles. The Morgan fingerprint density at radius 3 is 3.27 bits per heavy atom. The summed E-state index contributed by atoms with van der Waals surface area (Å²) in [6.07, 6.45) is 4.60. The molecule has 0 spiro atoms. The van der Waals surface area contributed by atoms with E-state index in [1.165, 1.54) is 17.8 Å². The van der Waals surface area contributed by atoms with Gasteiger partial charge in [0.15, 0.2) is 5.13 Å². The summed E-state index contributed by atoms with van der Waals surface area (Å²) < 4.78 is 0. The lowest BCUT2D eigenvalue weighted by Crippen LogP contribution is -2.27. The van der Waals surface area contributed by atoms with Crippen LogP contribution in [0.1, 0.15) is 24.1 Å². The van der Waals surface area contributed by atoms with Gasteiger partial charge in [-0.1, -0.05) is 0 Å². The molecule has 1 unspecified atom stereocenters. The predicted molar refractivity (Wildman–Crippen MR) is 61.1 cm³/mol. The first kappa shape index (κ1) is 10.6. The molecule has 0 aliphatic carbocycles. The number of amides is 1. The van der Waals surface area contributed by atoms with Crippen LogP contribution in [0.25, 0.3) is 0 Å². The van der Waals surface area contributed by atoms with E-state index in [0.717, 1.165) is 17.8 Å². The summed E-state index contributed by atoms with van der Waals surface area (Å²) in [6.45, 7) is 3.01. The molecule has 1 atom stereocenters. The summed E-state index contributed by atoms with van der Waals surface area (Å²) >= 11 is 1.51. The number of rotatable bonds is 3. The zero-order valence-corrected chi connectivity index (χ0v) is 9.56. The highest BCUT2D eigenvalue weighted by molar-refractivity contribution is 7.15. The van der Waals surface area contributed by atoms with E-state index >= 15 is 0 Å². The molecular formula is C10H15N3OS. The Balaban J connectivity index is 1.81. The van der Waals surface area contributed by atoms with E-state index in [0.29, 0.717) is 17.6 Å². The van der Waals surface area contributed by atoms with Crippen molar-refractivity contribution < 1.29 is 4.79 Å². The minimum absolute atomic E-state index is 0.0590. The van der Waals surface area contributed by atoms with Gasteiger partial charge in [0.1, 0.15) is 0 Å². The molecule has 1 aliphatic rings. The zero-order valence-electron chi connectivity index (χ0n) is 8.75. The summed E-state index contributed by atoms with van der Waals surface area (Å²) in [5, 5.41) is 6.82. The molecule has 2 rings (SSSR count). The molecule has 4 nitrogen and oxygen atoms in total. The average Bonchev–Trinajstić information content (AvgIpc) is 2.77. The molecular weight excluding hydrogens is 210 g/mol. The van der Waals surface area contributed by atoms with E-state index in [4.69, 9.17) is 0 Å². The molecule has 1 amide bonds. The van der Waals surface area contributed by atoms with Crippen molar-refractivity contribution in [2.45, 2.75) is 32.2 Å². The number of carbonyl (C=O) groups is 1. The summed E-state index contributed by atoms with van der Waals surface area (Å²) in [5.74, 6) is 0.0590. The fourth-order valence-corrected chi connectivity index (χ4v) is 2.42. The summed E-state index contributed by atoms with van der Waals surface area (Å²) in [5.41, 5.74) is 0. The number of nitrogens with one attached hydrogen (secondary N) is 2. The summed E-state index contributed by atoms with van der Waals surface area (Å²) in [6, 6.07) is 0.353. The monoisotopic (exact) mass is 225 g/mol. The number of thiazole rings is 1. The van der Waals surface area contributed by atoms with Crippen molar-refractivity contribution in [1.29, 1.82) is 0 Å². The smallest absolute Gasteiger partial charge is 0.227 e. The first-order valence-electron chi connectivity index (χ1n) is 5.20. The van der Waals surface area contributed by atoms with Gasteiger partial charge in [0.25, 0.3) is 0 Å². The van der Waals surface area contributed by atoms with Crippen LogP contribution in [0.3, 0.4) is 0 Å². The van der Waals surface area contributed by atoms with Gasteiger partial charge in [0.2, 0.25) is 5.91 Å². The van der Waals surface area contributed by atoms with Crippen LogP contribution in [-0.2, 0) is 4.79 Å². The van der Waals surface area contributed by atoms with Crippen LogP contribution in [0.5, 0.6) is 0 Å². The van der Waals surface area contributed by atoms with E-state index in [9.17, 15) is 4.79 Å². The Morgan fingerprint density at radius 1 is 1.80 bits per heavy atom. The Hall–Kier alpha value is -0.940. The third-order valence-electron chi connectivity index (χ3n) is 2.46. The predicted octanol–water partition coefficient (Wildman–Crippen LogP) is 1.53. The lowest BCUT2D eigenvalue weighted by molar-refractivity contribution is -0.116. The molecule has 1 aromatic rings. The maximum atomic E-state index is 11.6. The SMILES string of the molecule is Cc1cnc(NC(=O)CC2CCCN2)s1. The molecule has 0 aromatic carbocycles. The number of aryl methyl sites for hydroxylation is 1. The number of carbonyl (C=O) groups excluding carboxylic acids is 1. The molecule has 0 saturated carbocycles. The van der Waals surface area contributed by atoms with Crippen LogP contribution in [-0.4, -0.2) is 23.5 Å². The highest BCUT2D eigenvalue weighted by atomic mass is 32.1. The molecule has 1 fully saturated rings. The Morgan fingerprint density at radius 2 is 2.67 bits per heavy atom. The third-order valence-corrected chi connectivity index (χ3v) is 3.29. The molecule has 1 saturated heterocycles. The standard InChI is InChI=1S/C10H15N3OS/c1-7-6-12-10(15-7)13-9(14)5-8-3-2-4-11-8/h6,8,11H,2-5H2,1H3,(H,12,13,14). The van der Waals surface area contributed by atoms with Gasteiger partial charge in [-0.2, -0.15) is 0 Å². The van der Waals surface area contributed by atoms with Gasteiger partial charge in [-0.25, -0.2) is 4.98 Å². The lowest BCUT2D eigenvalue weighted by Gasteiger charge is -2.08. The number of hydrogen-bond donors (Lipinski definition) is 2. The van der Waals surface area contributed by atoms with Gasteiger partial charge in [-0.05, 0) is 26.3 Å². The normalized spacial score (nSPS) is 20.5. The second-order valence-corrected chi connectivity index (χ2v) is 5.06. The summed E-state index contributed by atoms with van der Waals surface area (Å²) in [4.78, 5) is 16.8. The van der Waals surface area contributed by atoms with Crippen LogP contribution in [0.4, 0.5) is 5.13 Å². The second kappa shape index (κ2) is 4.72. The van der Waals surface area contributed by atoms with E-state index < -0.39 is 0 Å². The quantitative estimate of drug-likeness (QED) is 0.820. The van der Waals surface area contributed by atoms with Crippen LogP contribution in [0.2, 0.25) is 0 Å². The molecule has 5 heteroatoms. The van der Waals surface area contributed by atoms with Crippen LogP contribution < -0.4 is 10.6 Å². The lowest BCUT2D eigenvalue weighted by atomic mass is 10.1.